The van der Waals surface area contributed by atoms with E-state index in [1.54, 1.807) is 36.4 Å². The van der Waals surface area contributed by atoms with Gasteiger partial charge in [-0.25, -0.2) is 9.82 Å². The second kappa shape index (κ2) is 11.3. The quantitative estimate of drug-likeness (QED) is 0.283. The first-order valence-electron chi connectivity index (χ1n) is 9.50. The molecule has 10 heteroatoms. The Labute approximate surface area is 199 Å². The van der Waals surface area contributed by atoms with Gasteiger partial charge in [-0.3, -0.25) is 9.59 Å². The molecule has 0 heterocycles. The number of rotatable bonds is 7. The summed E-state index contributed by atoms with van der Waals surface area (Å²) in [6.07, 6.45) is 1.34. The van der Waals surface area contributed by atoms with Gasteiger partial charge in [0.05, 0.1) is 23.4 Å². The monoisotopic (exact) mass is 489 g/mol. The minimum Gasteiger partial charge on any atom is -0.493 e. The van der Waals surface area contributed by atoms with Crippen LogP contribution in [0.2, 0.25) is 10.0 Å². The molecule has 33 heavy (non-hydrogen) atoms. The molecule has 3 rings (SSSR count). The fourth-order valence-corrected chi connectivity index (χ4v) is 2.93. The van der Waals surface area contributed by atoms with Crippen LogP contribution in [0.3, 0.4) is 0 Å². The number of nitrogens with zero attached hydrogens (tertiary/aromatic N) is 1. The molecule has 0 fully saturated rings. The summed E-state index contributed by atoms with van der Waals surface area (Å²) in [6.45, 7) is 0.250. The SMILES string of the molecule is COc1cc(/C=N\NC(=O)C(=O)Nc2ccc(F)cc2)ccc1OCc1ccc(Cl)c(Cl)c1. The normalized spacial score (nSPS) is 10.7. The first-order chi connectivity index (χ1) is 15.9. The zero-order chi connectivity index (χ0) is 23.8. The smallest absolute Gasteiger partial charge is 0.329 e. The molecule has 3 aromatic carbocycles. The van der Waals surface area contributed by atoms with Crippen molar-refractivity contribution in [2.75, 3.05) is 12.4 Å². The highest BCUT2D eigenvalue weighted by molar-refractivity contribution is 6.42. The van der Waals surface area contributed by atoms with Gasteiger partial charge in [-0.2, -0.15) is 5.10 Å². The lowest BCUT2D eigenvalue weighted by atomic mass is 10.2. The Morgan fingerprint density at radius 1 is 0.970 bits per heavy atom. The number of ether oxygens (including phenoxy) is 2. The third kappa shape index (κ3) is 6.93. The number of hydrogen-bond donors (Lipinski definition) is 2. The molecule has 0 bridgehead atoms. The van der Waals surface area contributed by atoms with Gasteiger partial charge in [0, 0.05) is 5.69 Å². The Balaban J connectivity index is 1.56. The van der Waals surface area contributed by atoms with E-state index in [4.69, 9.17) is 32.7 Å². The molecule has 0 aromatic heterocycles. The third-order valence-electron chi connectivity index (χ3n) is 4.25. The van der Waals surface area contributed by atoms with E-state index < -0.39 is 17.6 Å². The van der Waals surface area contributed by atoms with Crippen LogP contribution in [-0.2, 0) is 16.2 Å². The fourth-order valence-electron chi connectivity index (χ4n) is 2.61. The van der Waals surface area contributed by atoms with E-state index in [1.165, 1.54) is 25.5 Å². The van der Waals surface area contributed by atoms with Gasteiger partial charge in [0.2, 0.25) is 0 Å². The predicted molar refractivity (Wildman–Crippen MR) is 125 cm³/mol. The maximum Gasteiger partial charge on any atom is 0.329 e. The van der Waals surface area contributed by atoms with Crippen LogP contribution in [-0.4, -0.2) is 25.1 Å². The molecule has 0 aliphatic carbocycles. The maximum atomic E-state index is 12.9. The van der Waals surface area contributed by atoms with Crippen LogP contribution >= 0.6 is 23.2 Å². The van der Waals surface area contributed by atoms with Gasteiger partial charge in [-0.1, -0.05) is 29.3 Å². The van der Waals surface area contributed by atoms with Gasteiger partial charge < -0.3 is 14.8 Å². The van der Waals surface area contributed by atoms with Gasteiger partial charge in [-0.15, -0.1) is 0 Å². The van der Waals surface area contributed by atoms with E-state index in [9.17, 15) is 14.0 Å². The molecule has 0 spiro atoms. The average Bonchev–Trinajstić information content (AvgIpc) is 2.81. The summed E-state index contributed by atoms with van der Waals surface area (Å²) < 4.78 is 24.0. The first kappa shape index (κ1) is 24.0. The van der Waals surface area contributed by atoms with E-state index in [-0.39, 0.29) is 12.3 Å². The van der Waals surface area contributed by atoms with E-state index in [2.05, 4.69) is 15.8 Å². The van der Waals surface area contributed by atoms with Crippen molar-refractivity contribution in [1.82, 2.24) is 5.43 Å². The Morgan fingerprint density at radius 3 is 2.42 bits per heavy atom. The number of carbonyl (C=O) groups excluding carboxylic acids is 2. The molecule has 0 saturated carbocycles. The lowest BCUT2D eigenvalue weighted by Gasteiger charge is -2.11. The van der Waals surface area contributed by atoms with Gasteiger partial charge in [0.15, 0.2) is 11.5 Å². The standard InChI is InChI=1S/C23H18Cl2FN3O4/c1-32-21-11-14(3-9-20(21)33-13-15-2-8-18(24)19(25)10-15)12-27-29-23(31)22(30)28-17-6-4-16(26)5-7-17/h2-12H,13H2,1H3,(H,28,30)(H,29,31)/b27-12-. The molecule has 0 saturated heterocycles. The van der Waals surface area contributed by atoms with Crippen molar-refractivity contribution in [2.24, 2.45) is 5.10 Å². The molecule has 0 aliphatic heterocycles. The highest BCUT2D eigenvalue weighted by atomic mass is 35.5. The molecular weight excluding hydrogens is 472 g/mol. The number of hydrogen-bond acceptors (Lipinski definition) is 5. The van der Waals surface area contributed by atoms with Crippen molar-refractivity contribution in [2.45, 2.75) is 6.61 Å². The third-order valence-corrected chi connectivity index (χ3v) is 4.99. The van der Waals surface area contributed by atoms with Crippen molar-refractivity contribution >= 4 is 46.9 Å². The zero-order valence-corrected chi connectivity index (χ0v) is 18.8. The summed E-state index contributed by atoms with van der Waals surface area (Å²) in [4.78, 5) is 23.7. The Hall–Kier alpha value is -3.62. The van der Waals surface area contributed by atoms with Crippen LogP contribution in [0.4, 0.5) is 10.1 Å². The fraction of sp³-hybridized carbons (Fsp3) is 0.0870. The van der Waals surface area contributed by atoms with E-state index in [0.717, 1.165) is 17.7 Å². The molecule has 2 amide bonds. The summed E-state index contributed by atoms with van der Waals surface area (Å²) in [5.41, 5.74) is 3.82. The van der Waals surface area contributed by atoms with E-state index in [1.807, 2.05) is 0 Å². The predicted octanol–water partition coefficient (Wildman–Crippen LogP) is 4.81. The van der Waals surface area contributed by atoms with Crippen LogP contribution < -0.4 is 20.2 Å². The number of methoxy groups -OCH3 is 1. The number of benzene rings is 3. The summed E-state index contributed by atoms with van der Waals surface area (Å²) >= 11 is 11.9. The van der Waals surface area contributed by atoms with Gasteiger partial charge in [0.1, 0.15) is 12.4 Å². The second-order valence-corrected chi connectivity index (χ2v) is 7.42. The highest BCUT2D eigenvalue weighted by Gasteiger charge is 2.13. The Bertz CT molecular complexity index is 1190. The average molecular weight is 490 g/mol. The molecule has 0 unspecified atom stereocenters. The summed E-state index contributed by atoms with van der Waals surface area (Å²) in [5.74, 6) is -1.45. The molecule has 3 aromatic rings. The van der Waals surface area contributed by atoms with Gasteiger partial charge >= 0.3 is 11.8 Å². The summed E-state index contributed by atoms with van der Waals surface area (Å²) in [7, 11) is 1.49. The van der Waals surface area contributed by atoms with E-state index in [0.29, 0.717) is 27.1 Å². The van der Waals surface area contributed by atoms with Gasteiger partial charge in [-0.05, 0) is 65.7 Å². The summed E-state index contributed by atoms with van der Waals surface area (Å²) in [5, 5.41) is 6.99. The molecule has 7 nitrogen and oxygen atoms in total. The van der Waals surface area contributed by atoms with Crippen LogP contribution in [0.25, 0.3) is 0 Å². The van der Waals surface area contributed by atoms with Crippen LogP contribution in [0.15, 0.2) is 65.8 Å². The first-order valence-corrected chi connectivity index (χ1v) is 10.3. The van der Waals surface area contributed by atoms with E-state index >= 15 is 0 Å². The Morgan fingerprint density at radius 2 is 1.73 bits per heavy atom. The lowest BCUT2D eigenvalue weighted by molar-refractivity contribution is -0.136. The highest BCUT2D eigenvalue weighted by Crippen LogP contribution is 2.29. The minimum absolute atomic E-state index is 0.250. The number of hydrazone groups is 1. The van der Waals surface area contributed by atoms with Crippen molar-refractivity contribution in [3.8, 4) is 11.5 Å². The number of nitrogens with one attached hydrogen (secondary N) is 2. The lowest BCUT2D eigenvalue weighted by Crippen LogP contribution is -2.32. The number of anilines is 1. The summed E-state index contributed by atoms with van der Waals surface area (Å²) in [6, 6.07) is 15.2. The molecule has 0 aliphatic rings. The molecule has 0 atom stereocenters. The molecule has 170 valence electrons. The number of halogens is 3. The molecule has 2 N–H and O–H groups in total. The largest absolute Gasteiger partial charge is 0.493 e. The number of carbonyl (C=O) groups is 2. The topological polar surface area (TPSA) is 89.0 Å². The molecular formula is C23H18Cl2FN3O4. The second-order valence-electron chi connectivity index (χ2n) is 6.61. The van der Waals surface area contributed by atoms with Crippen molar-refractivity contribution < 1.29 is 23.5 Å². The van der Waals surface area contributed by atoms with Crippen LogP contribution in [0.1, 0.15) is 11.1 Å². The van der Waals surface area contributed by atoms with Gasteiger partial charge in [0.25, 0.3) is 0 Å². The van der Waals surface area contributed by atoms with Crippen molar-refractivity contribution in [3.63, 3.8) is 0 Å². The number of amides is 2. The van der Waals surface area contributed by atoms with Crippen LogP contribution in [0, 0.1) is 5.82 Å². The van der Waals surface area contributed by atoms with Crippen molar-refractivity contribution in [1.29, 1.82) is 0 Å². The molecule has 0 radical (unpaired) electrons. The zero-order valence-electron chi connectivity index (χ0n) is 17.3. The maximum absolute atomic E-state index is 12.9. The minimum atomic E-state index is -0.982. The Kier molecular flexibility index (Phi) is 8.23. The van der Waals surface area contributed by atoms with Crippen molar-refractivity contribution in [3.05, 3.63) is 87.7 Å². The van der Waals surface area contributed by atoms with Crippen LogP contribution in [0.5, 0.6) is 11.5 Å².